The van der Waals surface area contributed by atoms with Crippen molar-refractivity contribution in [3.8, 4) is 11.3 Å². The number of nitrogens with zero attached hydrogens (tertiary/aromatic N) is 1. The molecule has 8 nitrogen and oxygen atoms in total. The second kappa shape index (κ2) is 12.2. The molecule has 0 radical (unpaired) electrons. The van der Waals surface area contributed by atoms with E-state index in [4.69, 9.17) is 18.8 Å². The Balaban J connectivity index is 0.00000122. The van der Waals surface area contributed by atoms with Crippen LogP contribution in [0.4, 0.5) is 0 Å². The number of sulfone groups is 1. The van der Waals surface area contributed by atoms with Crippen LogP contribution >= 0.6 is 15.9 Å². The van der Waals surface area contributed by atoms with Gasteiger partial charge >= 0.3 is 12.1 Å². The molecule has 3 aromatic rings. The molecule has 0 aliphatic rings. The summed E-state index contributed by atoms with van der Waals surface area (Å²) in [6.07, 6.45) is 1.28. The molecule has 0 saturated carbocycles. The molecule has 174 valence electrons. The average molecular weight is 536 g/mol. The van der Waals surface area contributed by atoms with Gasteiger partial charge < -0.3 is 9.26 Å². The highest BCUT2D eigenvalue weighted by molar-refractivity contribution is 9.10. The number of benzene rings is 2. The highest BCUT2D eigenvalue weighted by Crippen LogP contribution is 2.27. The topological polar surface area (TPSA) is 121 Å². The summed E-state index contributed by atoms with van der Waals surface area (Å²) in [5.41, 5.74) is 3.46. The van der Waals surface area contributed by atoms with Gasteiger partial charge in [-0.25, -0.2) is 8.42 Å². The maximum Gasteiger partial charge on any atom is 0.373 e. The highest BCUT2D eigenvalue weighted by atomic mass is 79.9. The minimum absolute atomic E-state index is 0.00525. The van der Waals surface area contributed by atoms with Gasteiger partial charge in [0.2, 0.25) is 0 Å². The van der Waals surface area contributed by atoms with Gasteiger partial charge in [-0.3, -0.25) is 4.79 Å². The fourth-order valence-corrected chi connectivity index (χ4v) is 4.51. The number of hydrogen-bond donors (Lipinski definition) is 0. The van der Waals surface area contributed by atoms with Gasteiger partial charge in [0, 0.05) is 26.9 Å². The molecular weight excluding hydrogens is 514 g/mol. The van der Waals surface area contributed by atoms with Crippen molar-refractivity contribution in [1.82, 2.24) is 5.16 Å². The van der Waals surface area contributed by atoms with Crippen molar-refractivity contribution < 1.29 is 32.1 Å². The number of carbonyl (C=O) groups is 1. The van der Waals surface area contributed by atoms with Crippen molar-refractivity contribution in [2.45, 2.75) is 32.1 Å². The first-order chi connectivity index (χ1) is 15.7. The van der Waals surface area contributed by atoms with Gasteiger partial charge in [-0.15, -0.1) is 0 Å². The lowest BCUT2D eigenvalue weighted by atomic mass is 10.0. The third-order valence-electron chi connectivity index (χ3n) is 4.68. The number of aromatic nitrogens is 1. The van der Waals surface area contributed by atoms with E-state index in [0.29, 0.717) is 16.8 Å². The van der Waals surface area contributed by atoms with Crippen molar-refractivity contribution in [2.75, 3.05) is 5.75 Å². The molecule has 0 amide bonds. The Kier molecular flexibility index (Phi) is 9.72. The number of hydrogen-bond acceptors (Lipinski definition) is 8. The van der Waals surface area contributed by atoms with E-state index in [1.807, 2.05) is 31.2 Å². The molecule has 1 aromatic heterocycles. The second-order valence-corrected chi connectivity index (χ2v) is 10.2. The molecule has 0 unspecified atom stereocenters. The lowest BCUT2D eigenvalue weighted by Crippen LogP contribution is -2.12. The van der Waals surface area contributed by atoms with E-state index in [-0.39, 0.29) is 24.1 Å². The lowest BCUT2D eigenvalue weighted by molar-refractivity contribution is -0.191. The van der Waals surface area contributed by atoms with Crippen molar-refractivity contribution in [2.24, 2.45) is 0 Å². The summed E-state index contributed by atoms with van der Waals surface area (Å²) in [7, 11) is -3.10. The number of carbonyl (C=O) groups excluding carboxylic acids is 3. The quantitative estimate of drug-likeness (QED) is 0.391. The molecule has 0 aliphatic carbocycles. The molecule has 1 atom stereocenters. The van der Waals surface area contributed by atoms with Crippen molar-refractivity contribution in [3.05, 3.63) is 76.0 Å². The molecule has 0 aliphatic heterocycles. The van der Waals surface area contributed by atoms with Crippen LogP contribution in [0.2, 0.25) is 0 Å². The standard InChI is InChI=1S/C22H22BrNO5S.CO2/c1-3-30(26,27)14-16-8-10-17(11-9-16)22-18(13-28-24-22)12-21(25)29-15(2)19-6-4-5-7-20(19)23;2-1-3/h4-11,13,15H,3,12,14H2,1-2H3;/t15-;/m1./s1. The minimum atomic E-state index is -3.10. The van der Waals surface area contributed by atoms with Crippen LogP contribution in [0.1, 0.15) is 36.6 Å². The molecular formula is C23H22BrNO7S. The summed E-state index contributed by atoms with van der Waals surface area (Å²) >= 11 is 3.46. The number of esters is 1. The van der Waals surface area contributed by atoms with Gasteiger partial charge in [0.1, 0.15) is 18.1 Å². The Morgan fingerprint density at radius 3 is 2.39 bits per heavy atom. The summed E-state index contributed by atoms with van der Waals surface area (Å²) in [5.74, 6) is -0.301. The maximum atomic E-state index is 12.5. The van der Waals surface area contributed by atoms with Gasteiger partial charge in [-0.05, 0) is 18.6 Å². The van der Waals surface area contributed by atoms with Gasteiger partial charge in [0.15, 0.2) is 9.84 Å². The first-order valence-corrected chi connectivity index (χ1v) is 12.5. The maximum absolute atomic E-state index is 12.5. The van der Waals surface area contributed by atoms with Crippen molar-refractivity contribution in [1.29, 1.82) is 0 Å². The summed E-state index contributed by atoms with van der Waals surface area (Å²) in [6, 6.07) is 14.6. The zero-order chi connectivity index (χ0) is 24.4. The molecule has 1 heterocycles. The normalized spacial score (nSPS) is 11.6. The number of ether oxygens (including phenoxy) is 1. The zero-order valence-electron chi connectivity index (χ0n) is 18.0. The zero-order valence-corrected chi connectivity index (χ0v) is 20.4. The van der Waals surface area contributed by atoms with E-state index in [9.17, 15) is 13.2 Å². The van der Waals surface area contributed by atoms with Gasteiger partial charge in [0.25, 0.3) is 0 Å². The summed E-state index contributed by atoms with van der Waals surface area (Å²) in [6.45, 7) is 3.44. The van der Waals surface area contributed by atoms with Gasteiger partial charge in [-0.2, -0.15) is 9.59 Å². The monoisotopic (exact) mass is 535 g/mol. The fraction of sp³-hybridized carbons (Fsp3) is 0.261. The Morgan fingerprint density at radius 2 is 1.79 bits per heavy atom. The molecule has 0 saturated heterocycles. The first kappa shape index (κ1) is 26.2. The smallest absolute Gasteiger partial charge is 0.373 e. The van der Waals surface area contributed by atoms with E-state index in [1.165, 1.54) is 6.26 Å². The van der Waals surface area contributed by atoms with Gasteiger partial charge in [-0.1, -0.05) is 70.5 Å². The SMILES string of the molecule is CCS(=O)(=O)Cc1ccc(-c2nocc2CC(=O)O[C@H](C)c2ccccc2Br)cc1.O=C=O. The molecule has 0 spiro atoms. The summed E-state index contributed by atoms with van der Waals surface area (Å²) in [5, 5.41) is 4.00. The molecule has 3 rings (SSSR count). The Labute approximate surface area is 200 Å². The second-order valence-electron chi connectivity index (χ2n) is 6.98. The first-order valence-electron chi connectivity index (χ1n) is 9.86. The van der Waals surface area contributed by atoms with E-state index < -0.39 is 21.9 Å². The molecule has 10 heteroatoms. The van der Waals surface area contributed by atoms with Crippen LogP contribution in [0.5, 0.6) is 0 Å². The third kappa shape index (κ3) is 7.78. The average Bonchev–Trinajstić information content (AvgIpc) is 3.22. The van der Waals surface area contributed by atoms with Crippen LogP contribution < -0.4 is 0 Å². The Hall–Kier alpha value is -3.07. The number of halogens is 1. The van der Waals surface area contributed by atoms with Gasteiger partial charge in [0.05, 0.1) is 12.2 Å². The molecule has 33 heavy (non-hydrogen) atoms. The molecule has 0 bridgehead atoms. The fourth-order valence-electron chi connectivity index (χ4n) is 3.00. The van der Waals surface area contributed by atoms with Crippen LogP contribution in [0.25, 0.3) is 11.3 Å². The Morgan fingerprint density at radius 1 is 1.15 bits per heavy atom. The Bertz CT molecular complexity index is 1210. The highest BCUT2D eigenvalue weighted by Gasteiger charge is 2.19. The predicted molar refractivity (Wildman–Crippen MR) is 122 cm³/mol. The van der Waals surface area contributed by atoms with Crippen LogP contribution in [0.3, 0.4) is 0 Å². The molecule has 0 N–H and O–H groups in total. The third-order valence-corrected chi connectivity index (χ3v) is 7.06. The molecule has 2 aromatic carbocycles. The summed E-state index contributed by atoms with van der Waals surface area (Å²) in [4.78, 5) is 28.7. The predicted octanol–water partition coefficient (Wildman–Crippen LogP) is 4.30. The van der Waals surface area contributed by atoms with Crippen LogP contribution in [-0.2, 0) is 41.1 Å². The minimum Gasteiger partial charge on any atom is -0.457 e. The largest absolute Gasteiger partial charge is 0.457 e. The number of rotatable bonds is 8. The van der Waals surface area contributed by atoms with E-state index in [1.54, 1.807) is 31.2 Å². The van der Waals surface area contributed by atoms with E-state index >= 15 is 0 Å². The van der Waals surface area contributed by atoms with Crippen LogP contribution in [-0.4, -0.2) is 31.4 Å². The van der Waals surface area contributed by atoms with E-state index in [0.717, 1.165) is 15.6 Å². The lowest BCUT2D eigenvalue weighted by Gasteiger charge is -2.15. The van der Waals surface area contributed by atoms with Crippen molar-refractivity contribution >= 4 is 37.9 Å². The summed E-state index contributed by atoms with van der Waals surface area (Å²) < 4.78 is 35.1. The van der Waals surface area contributed by atoms with Crippen molar-refractivity contribution in [3.63, 3.8) is 0 Å². The van der Waals surface area contributed by atoms with Crippen LogP contribution in [0, 0.1) is 0 Å². The molecule has 0 fully saturated rings. The van der Waals surface area contributed by atoms with E-state index in [2.05, 4.69) is 21.1 Å². The van der Waals surface area contributed by atoms with Crippen LogP contribution in [0.15, 0.2) is 63.8 Å².